The number of aromatic nitrogens is 1. The first-order chi connectivity index (χ1) is 4.43. The fraction of sp³-hybridized carbons (Fsp3) is 0. The molecule has 1 N–H and O–H groups in total. The molecule has 1 aromatic heterocycles. The van der Waals surface area contributed by atoms with Crippen molar-refractivity contribution in [2.75, 3.05) is 5.32 Å². The topological polar surface area (TPSA) is 42.0 Å². The molecule has 0 saturated heterocycles. The molecule has 0 aliphatic carbocycles. The molecule has 0 aliphatic heterocycles. The second-order valence-corrected chi connectivity index (χ2v) is 1.48. The van der Waals surface area contributed by atoms with Crippen molar-refractivity contribution in [1.82, 2.24) is 4.98 Å². The van der Waals surface area contributed by atoms with Gasteiger partial charge in [-0.3, -0.25) is 4.79 Å². The van der Waals surface area contributed by atoms with Gasteiger partial charge in [-0.15, -0.1) is 12.4 Å². The van der Waals surface area contributed by atoms with Crippen molar-refractivity contribution in [3.63, 3.8) is 0 Å². The lowest BCUT2D eigenvalue weighted by Crippen LogP contribution is -1.94. The van der Waals surface area contributed by atoms with E-state index in [0.717, 1.165) is 0 Å². The van der Waals surface area contributed by atoms with Gasteiger partial charge >= 0.3 is 0 Å². The molecule has 10 heavy (non-hydrogen) atoms. The lowest BCUT2D eigenvalue weighted by atomic mass is 10.5. The minimum Gasteiger partial charge on any atom is -0.313 e. The van der Waals surface area contributed by atoms with Crippen LogP contribution in [0.1, 0.15) is 0 Å². The SMILES string of the molecule is Cl.O=CNc1ccccn1. The number of hydrogen-bond acceptors (Lipinski definition) is 2. The van der Waals surface area contributed by atoms with Crippen LogP contribution in [0.4, 0.5) is 5.82 Å². The number of pyridine rings is 1. The zero-order valence-corrected chi connectivity index (χ0v) is 5.97. The Kier molecular flexibility index (Phi) is 4.24. The Morgan fingerprint density at radius 3 is 2.80 bits per heavy atom. The highest BCUT2D eigenvalue weighted by atomic mass is 35.5. The third-order valence-electron chi connectivity index (χ3n) is 0.872. The van der Waals surface area contributed by atoms with Gasteiger partial charge in [-0.2, -0.15) is 0 Å². The van der Waals surface area contributed by atoms with Gasteiger partial charge in [-0.25, -0.2) is 4.98 Å². The minimum absolute atomic E-state index is 0. The van der Waals surface area contributed by atoms with Gasteiger partial charge in [0.1, 0.15) is 5.82 Å². The molecule has 54 valence electrons. The Morgan fingerprint density at radius 2 is 2.30 bits per heavy atom. The van der Waals surface area contributed by atoms with Crippen LogP contribution in [0.15, 0.2) is 24.4 Å². The van der Waals surface area contributed by atoms with Gasteiger partial charge in [-0.1, -0.05) is 6.07 Å². The minimum atomic E-state index is 0. The van der Waals surface area contributed by atoms with Crippen LogP contribution in [0, 0.1) is 0 Å². The number of anilines is 1. The number of amides is 1. The molecule has 0 aromatic carbocycles. The smallest absolute Gasteiger partial charge is 0.212 e. The molecule has 0 aliphatic rings. The molecule has 1 amide bonds. The second kappa shape index (κ2) is 4.76. The zero-order valence-electron chi connectivity index (χ0n) is 5.15. The molecule has 0 saturated carbocycles. The predicted octanol–water partition coefficient (Wildman–Crippen LogP) is 1.07. The first kappa shape index (κ1) is 8.91. The monoisotopic (exact) mass is 158 g/mol. The summed E-state index contributed by atoms with van der Waals surface area (Å²) in [5.74, 6) is 0.576. The number of nitrogens with one attached hydrogen (secondary N) is 1. The Morgan fingerprint density at radius 1 is 1.50 bits per heavy atom. The fourth-order valence-electron chi connectivity index (χ4n) is 0.509. The summed E-state index contributed by atoms with van der Waals surface area (Å²) >= 11 is 0. The Labute approximate surface area is 64.9 Å². The normalized spacial score (nSPS) is 7.60. The van der Waals surface area contributed by atoms with Gasteiger partial charge in [0.05, 0.1) is 0 Å². The van der Waals surface area contributed by atoms with Crippen LogP contribution in [0.2, 0.25) is 0 Å². The lowest BCUT2D eigenvalue weighted by molar-refractivity contribution is -0.105. The number of hydrogen-bond donors (Lipinski definition) is 1. The molecular formula is C6H7ClN2O. The molecule has 4 heteroatoms. The summed E-state index contributed by atoms with van der Waals surface area (Å²) in [5, 5.41) is 2.42. The summed E-state index contributed by atoms with van der Waals surface area (Å²) in [6.45, 7) is 0. The summed E-state index contributed by atoms with van der Waals surface area (Å²) < 4.78 is 0. The van der Waals surface area contributed by atoms with Crippen molar-refractivity contribution in [3.8, 4) is 0 Å². The molecule has 0 radical (unpaired) electrons. The Balaban J connectivity index is 0.000000810. The van der Waals surface area contributed by atoms with Crippen molar-refractivity contribution >= 4 is 24.6 Å². The first-order valence-corrected chi connectivity index (χ1v) is 2.54. The maximum atomic E-state index is 9.82. The summed E-state index contributed by atoms with van der Waals surface area (Å²) in [4.78, 5) is 13.6. The third kappa shape index (κ3) is 2.46. The van der Waals surface area contributed by atoms with E-state index in [1.165, 1.54) is 0 Å². The number of nitrogens with zero attached hydrogens (tertiary/aromatic N) is 1. The summed E-state index contributed by atoms with van der Waals surface area (Å²) in [7, 11) is 0. The average Bonchev–Trinajstić information content (AvgIpc) is 1.91. The molecular weight excluding hydrogens is 152 g/mol. The maximum absolute atomic E-state index is 9.82. The number of halogens is 1. The van der Waals surface area contributed by atoms with Crippen molar-refractivity contribution in [1.29, 1.82) is 0 Å². The van der Waals surface area contributed by atoms with E-state index >= 15 is 0 Å². The summed E-state index contributed by atoms with van der Waals surface area (Å²) in [5.41, 5.74) is 0. The third-order valence-corrected chi connectivity index (χ3v) is 0.872. The molecule has 0 spiro atoms. The highest BCUT2D eigenvalue weighted by molar-refractivity contribution is 5.85. The lowest BCUT2D eigenvalue weighted by Gasteiger charge is -1.91. The van der Waals surface area contributed by atoms with E-state index in [1.807, 2.05) is 0 Å². The van der Waals surface area contributed by atoms with Gasteiger partial charge in [0, 0.05) is 6.20 Å². The van der Waals surface area contributed by atoms with Crippen molar-refractivity contribution < 1.29 is 4.79 Å². The van der Waals surface area contributed by atoms with Crippen LogP contribution in [0.5, 0.6) is 0 Å². The predicted molar refractivity (Wildman–Crippen MR) is 41.2 cm³/mol. The number of carbonyl (C=O) groups excluding carboxylic acids is 1. The van der Waals surface area contributed by atoms with Crippen LogP contribution in [0.3, 0.4) is 0 Å². The molecule has 0 unspecified atom stereocenters. The number of rotatable bonds is 2. The summed E-state index contributed by atoms with van der Waals surface area (Å²) in [6, 6.07) is 5.31. The van der Waals surface area contributed by atoms with Crippen molar-refractivity contribution in [3.05, 3.63) is 24.4 Å². The molecule has 0 fully saturated rings. The molecule has 1 rings (SSSR count). The highest BCUT2D eigenvalue weighted by Gasteiger charge is 1.83. The van der Waals surface area contributed by atoms with E-state index in [-0.39, 0.29) is 12.4 Å². The van der Waals surface area contributed by atoms with E-state index in [1.54, 1.807) is 24.4 Å². The quantitative estimate of drug-likeness (QED) is 0.655. The number of carbonyl (C=O) groups is 1. The highest BCUT2D eigenvalue weighted by Crippen LogP contribution is 1.95. The van der Waals surface area contributed by atoms with E-state index in [9.17, 15) is 4.79 Å². The van der Waals surface area contributed by atoms with E-state index < -0.39 is 0 Å². The molecule has 0 atom stereocenters. The molecule has 3 nitrogen and oxygen atoms in total. The molecule has 0 bridgehead atoms. The molecule has 1 aromatic rings. The van der Waals surface area contributed by atoms with Crippen LogP contribution in [-0.4, -0.2) is 11.4 Å². The van der Waals surface area contributed by atoms with E-state index in [2.05, 4.69) is 10.3 Å². The van der Waals surface area contributed by atoms with Gasteiger partial charge in [0.15, 0.2) is 0 Å². The first-order valence-electron chi connectivity index (χ1n) is 2.54. The maximum Gasteiger partial charge on any atom is 0.212 e. The summed E-state index contributed by atoms with van der Waals surface area (Å²) in [6.07, 6.45) is 2.22. The van der Waals surface area contributed by atoms with E-state index in [0.29, 0.717) is 12.2 Å². The van der Waals surface area contributed by atoms with Gasteiger partial charge < -0.3 is 5.32 Å². The molecule has 1 heterocycles. The fourth-order valence-corrected chi connectivity index (χ4v) is 0.509. The standard InChI is InChI=1S/C6H6N2O.ClH/c9-5-8-6-3-1-2-4-7-6;/h1-5H,(H,7,8,9);1H. The zero-order chi connectivity index (χ0) is 6.53. The van der Waals surface area contributed by atoms with Crippen LogP contribution in [0.25, 0.3) is 0 Å². The Bertz CT molecular complexity index is 190. The van der Waals surface area contributed by atoms with Crippen LogP contribution >= 0.6 is 12.4 Å². The van der Waals surface area contributed by atoms with Crippen LogP contribution in [-0.2, 0) is 4.79 Å². The van der Waals surface area contributed by atoms with Gasteiger partial charge in [0.25, 0.3) is 0 Å². The van der Waals surface area contributed by atoms with Gasteiger partial charge in [-0.05, 0) is 12.1 Å². The van der Waals surface area contributed by atoms with E-state index in [4.69, 9.17) is 0 Å². The van der Waals surface area contributed by atoms with Crippen molar-refractivity contribution in [2.45, 2.75) is 0 Å². The van der Waals surface area contributed by atoms with Crippen LogP contribution < -0.4 is 5.32 Å². The van der Waals surface area contributed by atoms with Gasteiger partial charge in [0.2, 0.25) is 6.41 Å². The largest absolute Gasteiger partial charge is 0.313 e. The Hall–Kier alpha value is -1.09. The average molecular weight is 159 g/mol. The van der Waals surface area contributed by atoms with Crippen molar-refractivity contribution in [2.24, 2.45) is 0 Å². The second-order valence-electron chi connectivity index (χ2n) is 1.48.